The minimum Gasteiger partial charge on any atom is -0.217 e. The maximum atomic E-state index is 4.37. The van der Waals surface area contributed by atoms with Gasteiger partial charge in [0, 0.05) is 5.75 Å². The van der Waals surface area contributed by atoms with Crippen molar-refractivity contribution < 1.29 is 0 Å². The van der Waals surface area contributed by atoms with Crippen LogP contribution < -0.4 is 0 Å². The fraction of sp³-hybridized carbons (Fsp3) is 0.909. The Hall–Kier alpha value is -0.230. The summed E-state index contributed by atoms with van der Waals surface area (Å²) in [5.41, 5.74) is 0.222. The summed E-state index contributed by atoms with van der Waals surface area (Å²) in [6.07, 6.45) is 5.04. The quantitative estimate of drug-likeness (QED) is 0.661. The molecular formula is C11H20N4S2. The summed E-state index contributed by atoms with van der Waals surface area (Å²) in [7, 11) is 0. The molecule has 1 aromatic heterocycles. The monoisotopic (exact) mass is 272 g/mol. The molecule has 0 spiro atoms. The Balaban J connectivity index is 1.99. The van der Waals surface area contributed by atoms with Crippen LogP contribution in [-0.2, 0) is 0 Å². The van der Waals surface area contributed by atoms with E-state index in [1.54, 1.807) is 11.8 Å². The summed E-state index contributed by atoms with van der Waals surface area (Å²) >= 11 is 6.12. The maximum absolute atomic E-state index is 4.37. The first-order chi connectivity index (χ1) is 8.12. The molecule has 0 aliphatic heterocycles. The van der Waals surface area contributed by atoms with Gasteiger partial charge in [-0.25, -0.2) is 4.68 Å². The lowest BCUT2D eigenvalue weighted by Crippen LogP contribution is -2.17. The van der Waals surface area contributed by atoms with E-state index in [4.69, 9.17) is 0 Å². The number of thiol groups is 1. The molecule has 1 aliphatic rings. The predicted octanol–water partition coefficient (Wildman–Crippen LogP) is 2.84. The molecule has 0 atom stereocenters. The summed E-state index contributed by atoms with van der Waals surface area (Å²) in [6, 6.07) is 0.520. The van der Waals surface area contributed by atoms with Crippen LogP contribution in [0.3, 0.4) is 0 Å². The third kappa shape index (κ3) is 3.37. The lowest BCUT2D eigenvalue weighted by Gasteiger charge is -2.21. The zero-order valence-corrected chi connectivity index (χ0v) is 12.2. The van der Waals surface area contributed by atoms with E-state index < -0.39 is 0 Å². The molecule has 0 N–H and O–H groups in total. The summed E-state index contributed by atoms with van der Waals surface area (Å²) in [5.74, 6) is 1.88. The fourth-order valence-corrected chi connectivity index (χ4v) is 3.26. The van der Waals surface area contributed by atoms with Crippen molar-refractivity contribution in [3.05, 3.63) is 0 Å². The van der Waals surface area contributed by atoms with Crippen molar-refractivity contribution in [3.8, 4) is 0 Å². The molecule has 1 heterocycles. The van der Waals surface area contributed by atoms with E-state index in [0.29, 0.717) is 6.04 Å². The molecule has 0 aromatic carbocycles. The van der Waals surface area contributed by atoms with Gasteiger partial charge in [-0.15, -0.1) is 5.10 Å². The van der Waals surface area contributed by atoms with Crippen LogP contribution in [0.5, 0.6) is 0 Å². The van der Waals surface area contributed by atoms with Crippen LogP contribution in [-0.4, -0.2) is 31.7 Å². The number of nitrogens with zero attached hydrogens (tertiary/aromatic N) is 4. The van der Waals surface area contributed by atoms with Crippen molar-refractivity contribution in [1.29, 1.82) is 0 Å². The van der Waals surface area contributed by atoms with Crippen molar-refractivity contribution in [3.63, 3.8) is 0 Å². The van der Waals surface area contributed by atoms with Gasteiger partial charge in [0.25, 0.3) is 0 Å². The number of hydrogen-bond acceptors (Lipinski definition) is 5. The van der Waals surface area contributed by atoms with Gasteiger partial charge >= 0.3 is 0 Å². The first-order valence-corrected chi connectivity index (χ1v) is 7.76. The minimum absolute atomic E-state index is 0.222. The topological polar surface area (TPSA) is 43.6 Å². The summed E-state index contributed by atoms with van der Waals surface area (Å²) < 4.78 is 2.02. The number of hydrogen-bond donors (Lipinski definition) is 1. The van der Waals surface area contributed by atoms with Gasteiger partial charge in [0.1, 0.15) is 0 Å². The molecule has 2 rings (SSSR count). The molecule has 1 saturated carbocycles. The highest BCUT2D eigenvalue weighted by atomic mass is 32.2. The molecule has 6 heteroatoms. The van der Waals surface area contributed by atoms with E-state index in [1.807, 2.05) is 4.68 Å². The number of aromatic nitrogens is 4. The number of tetrazole rings is 1. The zero-order chi connectivity index (χ0) is 12.3. The Morgan fingerprint density at radius 1 is 1.41 bits per heavy atom. The molecule has 0 amide bonds. The smallest absolute Gasteiger partial charge is 0.209 e. The van der Waals surface area contributed by atoms with Crippen molar-refractivity contribution in [1.82, 2.24) is 20.2 Å². The van der Waals surface area contributed by atoms with E-state index in [9.17, 15) is 0 Å². The second-order valence-electron chi connectivity index (χ2n) is 5.46. The average molecular weight is 272 g/mol. The van der Waals surface area contributed by atoms with Gasteiger partial charge in [-0.05, 0) is 34.4 Å². The number of thioether (sulfide) groups is 1. The molecule has 17 heavy (non-hydrogen) atoms. The Labute approximate surface area is 112 Å². The molecule has 0 saturated heterocycles. The van der Waals surface area contributed by atoms with Gasteiger partial charge in [0.15, 0.2) is 0 Å². The predicted molar refractivity (Wildman–Crippen MR) is 73.7 cm³/mol. The van der Waals surface area contributed by atoms with Crippen LogP contribution in [0.15, 0.2) is 5.16 Å². The van der Waals surface area contributed by atoms with Crippen molar-refractivity contribution in [2.75, 3.05) is 11.5 Å². The molecule has 0 radical (unpaired) electrons. The van der Waals surface area contributed by atoms with E-state index in [1.165, 1.54) is 25.7 Å². The van der Waals surface area contributed by atoms with Crippen molar-refractivity contribution >= 4 is 24.4 Å². The lowest BCUT2D eigenvalue weighted by atomic mass is 10.0. The molecule has 1 aromatic rings. The highest BCUT2D eigenvalue weighted by Crippen LogP contribution is 2.33. The Kier molecular flexibility index (Phi) is 4.36. The van der Waals surface area contributed by atoms with Gasteiger partial charge in [-0.2, -0.15) is 12.6 Å². The van der Waals surface area contributed by atoms with E-state index in [-0.39, 0.29) is 5.41 Å². The first-order valence-electron chi connectivity index (χ1n) is 6.14. The Bertz CT molecular complexity index is 358. The van der Waals surface area contributed by atoms with Gasteiger partial charge in [-0.1, -0.05) is 38.5 Å². The normalized spacial score (nSPS) is 17.8. The Morgan fingerprint density at radius 2 is 2.12 bits per heavy atom. The molecule has 0 unspecified atom stereocenters. The standard InChI is InChI=1S/C11H20N4S2/c1-11(2,7-16)8-17-10-12-13-14-15(10)9-5-3-4-6-9/h9,16H,3-8H2,1-2H3. The summed E-state index contributed by atoms with van der Waals surface area (Å²) in [4.78, 5) is 0. The van der Waals surface area contributed by atoms with Crippen LogP contribution in [0.2, 0.25) is 0 Å². The minimum atomic E-state index is 0.222. The molecule has 1 aliphatic carbocycles. The number of rotatable bonds is 5. The average Bonchev–Trinajstić information content (AvgIpc) is 2.96. The second kappa shape index (κ2) is 5.61. The van der Waals surface area contributed by atoms with Gasteiger partial charge in [0.2, 0.25) is 5.16 Å². The van der Waals surface area contributed by atoms with Crippen LogP contribution >= 0.6 is 24.4 Å². The maximum Gasteiger partial charge on any atom is 0.209 e. The van der Waals surface area contributed by atoms with Gasteiger partial charge < -0.3 is 0 Å². The first kappa shape index (κ1) is 13.2. The lowest BCUT2D eigenvalue weighted by molar-refractivity contribution is 0.421. The second-order valence-corrected chi connectivity index (χ2v) is 6.71. The van der Waals surface area contributed by atoms with Crippen LogP contribution in [0.4, 0.5) is 0 Å². The largest absolute Gasteiger partial charge is 0.217 e. The summed E-state index contributed by atoms with van der Waals surface area (Å²) in [6.45, 7) is 4.44. The third-order valence-electron chi connectivity index (χ3n) is 3.15. The van der Waals surface area contributed by atoms with E-state index in [0.717, 1.165) is 16.7 Å². The summed E-state index contributed by atoms with van der Waals surface area (Å²) in [5, 5.41) is 13.1. The molecule has 0 bridgehead atoms. The van der Waals surface area contributed by atoms with Gasteiger partial charge in [-0.3, -0.25) is 0 Å². The van der Waals surface area contributed by atoms with Crippen LogP contribution in [0.1, 0.15) is 45.6 Å². The van der Waals surface area contributed by atoms with Gasteiger partial charge in [0.05, 0.1) is 6.04 Å². The molecular weight excluding hydrogens is 252 g/mol. The zero-order valence-electron chi connectivity index (χ0n) is 10.5. The molecule has 4 nitrogen and oxygen atoms in total. The van der Waals surface area contributed by atoms with Crippen molar-refractivity contribution in [2.45, 2.75) is 50.7 Å². The third-order valence-corrected chi connectivity index (χ3v) is 5.46. The SMILES string of the molecule is CC(C)(CS)CSc1nnnn1C1CCCC1. The van der Waals surface area contributed by atoms with E-state index >= 15 is 0 Å². The highest BCUT2D eigenvalue weighted by molar-refractivity contribution is 7.99. The van der Waals surface area contributed by atoms with E-state index in [2.05, 4.69) is 42.0 Å². The highest BCUT2D eigenvalue weighted by Gasteiger charge is 2.23. The molecule has 1 fully saturated rings. The van der Waals surface area contributed by atoms with Crippen LogP contribution in [0, 0.1) is 5.41 Å². The van der Waals surface area contributed by atoms with Crippen LogP contribution in [0.25, 0.3) is 0 Å². The van der Waals surface area contributed by atoms with Crippen molar-refractivity contribution in [2.24, 2.45) is 5.41 Å². The fourth-order valence-electron chi connectivity index (χ4n) is 1.96. The molecule has 96 valence electrons. The Morgan fingerprint density at radius 3 is 2.76 bits per heavy atom.